The molecule has 0 aromatic heterocycles. The molecule has 4 nitrogen and oxygen atoms in total. The van der Waals surface area contributed by atoms with Crippen LogP contribution < -0.4 is 0 Å². The summed E-state index contributed by atoms with van der Waals surface area (Å²) in [6, 6.07) is 3.50. The number of aromatic hydroxyl groups is 1. The quantitative estimate of drug-likeness (QED) is 0.712. The maximum absolute atomic E-state index is 12.6. The van der Waals surface area contributed by atoms with Crippen molar-refractivity contribution in [2.45, 2.75) is 39.8 Å². The number of halogens is 2. The third kappa shape index (κ3) is 4.11. The van der Waals surface area contributed by atoms with Gasteiger partial charge in [0.15, 0.2) is 5.17 Å². The van der Waals surface area contributed by atoms with Gasteiger partial charge in [-0.05, 0) is 79.2 Å². The van der Waals surface area contributed by atoms with Crippen LogP contribution >= 0.6 is 39.3 Å². The topological polar surface area (TPSA) is 52.9 Å². The molecule has 1 aliphatic rings. The maximum atomic E-state index is 12.6. The molecule has 1 fully saturated rings. The van der Waals surface area contributed by atoms with Crippen LogP contribution in [0.1, 0.15) is 33.3 Å². The van der Waals surface area contributed by atoms with Gasteiger partial charge in [-0.2, -0.15) is 0 Å². The Labute approximate surface area is 153 Å². The lowest BCUT2D eigenvalue weighted by Crippen LogP contribution is -2.35. The third-order valence-electron chi connectivity index (χ3n) is 3.06. The Morgan fingerprint density at radius 3 is 2.52 bits per heavy atom. The van der Waals surface area contributed by atoms with Crippen molar-refractivity contribution in [3.8, 4) is 5.75 Å². The van der Waals surface area contributed by atoms with Crippen LogP contribution in [-0.2, 0) is 4.79 Å². The Hall–Kier alpha value is -0.980. The Morgan fingerprint density at radius 2 is 2.00 bits per heavy atom. The highest BCUT2D eigenvalue weighted by Crippen LogP contribution is 2.37. The average Bonchev–Trinajstić information content (AvgIpc) is 2.71. The monoisotopic (exact) mass is 416 g/mol. The van der Waals surface area contributed by atoms with E-state index >= 15 is 0 Å². The van der Waals surface area contributed by atoms with Gasteiger partial charge >= 0.3 is 0 Å². The molecule has 124 valence electrons. The lowest BCUT2D eigenvalue weighted by molar-refractivity contribution is -0.123. The van der Waals surface area contributed by atoms with Crippen LogP contribution in [0.25, 0.3) is 6.08 Å². The standard InChI is InChI=1S/C16H18BrClN2O2S/c1-8(2)19-16-20(9(3)4)15(22)13(23-16)7-10-5-11(17)14(21)12(18)6-10/h5-9,21H,1-4H3/b13-7+,19-16?. The average molecular weight is 418 g/mol. The van der Waals surface area contributed by atoms with Gasteiger partial charge < -0.3 is 5.11 Å². The van der Waals surface area contributed by atoms with E-state index in [2.05, 4.69) is 20.9 Å². The summed E-state index contributed by atoms with van der Waals surface area (Å²) in [7, 11) is 0. The number of phenolic OH excluding ortho intramolecular Hbond substituents is 1. The van der Waals surface area contributed by atoms with Crippen molar-refractivity contribution in [1.82, 2.24) is 4.90 Å². The molecule has 0 saturated carbocycles. The third-order valence-corrected chi connectivity index (χ3v) is 4.95. The van der Waals surface area contributed by atoms with Crippen molar-refractivity contribution in [1.29, 1.82) is 0 Å². The largest absolute Gasteiger partial charge is 0.505 e. The zero-order valence-corrected chi connectivity index (χ0v) is 16.5. The van der Waals surface area contributed by atoms with E-state index in [0.29, 0.717) is 9.38 Å². The molecule has 0 bridgehead atoms. The predicted molar refractivity (Wildman–Crippen MR) is 101 cm³/mol. The Kier molecular flexibility index (Phi) is 5.81. The molecule has 0 atom stereocenters. The van der Waals surface area contributed by atoms with Gasteiger partial charge in [0.1, 0.15) is 5.75 Å². The fourth-order valence-electron chi connectivity index (χ4n) is 2.07. The summed E-state index contributed by atoms with van der Waals surface area (Å²) in [6.07, 6.45) is 1.77. The van der Waals surface area contributed by atoms with Gasteiger partial charge in [-0.15, -0.1) is 0 Å². The molecule has 0 unspecified atom stereocenters. The second-order valence-electron chi connectivity index (χ2n) is 5.72. The highest BCUT2D eigenvalue weighted by Gasteiger charge is 2.35. The number of hydrogen-bond acceptors (Lipinski definition) is 4. The number of aliphatic imine (C=N–C) groups is 1. The molecule has 23 heavy (non-hydrogen) atoms. The Balaban J connectivity index is 2.42. The molecule has 1 aromatic rings. The summed E-state index contributed by atoms with van der Waals surface area (Å²) in [5.74, 6) is -0.0743. The first-order valence-electron chi connectivity index (χ1n) is 7.19. The fraction of sp³-hybridized carbons (Fsp3) is 0.375. The molecular formula is C16H18BrClN2O2S. The highest BCUT2D eigenvalue weighted by atomic mass is 79.9. The van der Waals surface area contributed by atoms with Crippen LogP contribution in [0.15, 0.2) is 26.5 Å². The molecule has 0 aliphatic carbocycles. The highest BCUT2D eigenvalue weighted by molar-refractivity contribution is 9.10. The smallest absolute Gasteiger partial charge is 0.266 e. The van der Waals surface area contributed by atoms with Crippen LogP contribution in [0.2, 0.25) is 5.02 Å². The molecule has 7 heteroatoms. The normalized spacial score (nSPS) is 19.0. The Bertz CT molecular complexity index is 678. The van der Waals surface area contributed by atoms with Crippen molar-refractivity contribution in [2.75, 3.05) is 0 Å². The maximum Gasteiger partial charge on any atom is 0.266 e. The Morgan fingerprint density at radius 1 is 1.35 bits per heavy atom. The summed E-state index contributed by atoms with van der Waals surface area (Å²) in [6.45, 7) is 7.89. The second kappa shape index (κ2) is 7.28. The number of benzene rings is 1. The van der Waals surface area contributed by atoms with Crippen molar-refractivity contribution in [2.24, 2.45) is 4.99 Å². The van der Waals surface area contributed by atoms with Crippen LogP contribution in [0.3, 0.4) is 0 Å². The van der Waals surface area contributed by atoms with E-state index in [1.165, 1.54) is 11.8 Å². The van der Waals surface area contributed by atoms with Gasteiger partial charge in [0, 0.05) is 12.1 Å². The lowest BCUT2D eigenvalue weighted by Gasteiger charge is -2.20. The molecule has 0 radical (unpaired) electrons. The molecule has 1 N–H and O–H groups in total. The van der Waals surface area contributed by atoms with Crippen LogP contribution in [0, 0.1) is 0 Å². The number of nitrogens with zero attached hydrogens (tertiary/aromatic N) is 2. The predicted octanol–water partition coefficient (Wildman–Crippen LogP) is 4.90. The molecule has 1 aromatic carbocycles. The lowest BCUT2D eigenvalue weighted by atomic mass is 10.2. The number of carbonyl (C=O) groups excluding carboxylic acids is 1. The van der Waals surface area contributed by atoms with Gasteiger partial charge in [0.25, 0.3) is 5.91 Å². The molecule has 1 amide bonds. The summed E-state index contributed by atoms with van der Waals surface area (Å²) < 4.78 is 0.490. The first kappa shape index (κ1) is 18.4. The van der Waals surface area contributed by atoms with Gasteiger partial charge in [0.2, 0.25) is 0 Å². The zero-order chi connectivity index (χ0) is 17.3. The van der Waals surface area contributed by atoms with Gasteiger partial charge in [-0.3, -0.25) is 14.7 Å². The number of phenols is 1. The molecule has 1 aliphatic heterocycles. The zero-order valence-electron chi connectivity index (χ0n) is 13.3. The number of rotatable bonds is 3. The number of amidine groups is 1. The van der Waals surface area contributed by atoms with E-state index < -0.39 is 0 Å². The summed E-state index contributed by atoms with van der Waals surface area (Å²) in [5.41, 5.74) is 0.741. The minimum atomic E-state index is -0.0651. The first-order valence-corrected chi connectivity index (χ1v) is 9.18. The summed E-state index contributed by atoms with van der Waals surface area (Å²) in [5, 5.41) is 10.7. The van der Waals surface area contributed by atoms with Crippen LogP contribution in [0.4, 0.5) is 0 Å². The van der Waals surface area contributed by atoms with Crippen molar-refractivity contribution < 1.29 is 9.90 Å². The van der Waals surface area contributed by atoms with Crippen molar-refractivity contribution in [3.63, 3.8) is 0 Å². The van der Waals surface area contributed by atoms with Gasteiger partial charge in [0.05, 0.1) is 14.4 Å². The molecule has 0 spiro atoms. The minimum Gasteiger partial charge on any atom is -0.505 e. The number of amides is 1. The van der Waals surface area contributed by atoms with Gasteiger partial charge in [-0.1, -0.05) is 11.6 Å². The fourth-order valence-corrected chi connectivity index (χ4v) is 4.13. The van der Waals surface area contributed by atoms with E-state index in [9.17, 15) is 9.90 Å². The van der Waals surface area contributed by atoms with Crippen LogP contribution in [-0.4, -0.2) is 33.2 Å². The summed E-state index contributed by atoms with van der Waals surface area (Å²) in [4.78, 5) is 19.5. The van der Waals surface area contributed by atoms with E-state index in [1.54, 1.807) is 23.1 Å². The van der Waals surface area contributed by atoms with E-state index in [4.69, 9.17) is 11.6 Å². The number of carbonyl (C=O) groups is 1. The minimum absolute atomic E-state index is 0.00918. The van der Waals surface area contributed by atoms with E-state index in [1.807, 2.05) is 27.7 Å². The van der Waals surface area contributed by atoms with Crippen molar-refractivity contribution in [3.05, 3.63) is 32.1 Å². The molecule has 2 rings (SSSR count). The van der Waals surface area contributed by atoms with E-state index in [-0.39, 0.29) is 28.8 Å². The van der Waals surface area contributed by atoms with Gasteiger partial charge in [-0.25, -0.2) is 0 Å². The second-order valence-corrected chi connectivity index (χ2v) is 7.99. The molecule has 1 heterocycles. The molecular weight excluding hydrogens is 400 g/mol. The van der Waals surface area contributed by atoms with E-state index in [0.717, 1.165) is 10.7 Å². The van der Waals surface area contributed by atoms with Crippen molar-refractivity contribution >= 4 is 56.4 Å². The van der Waals surface area contributed by atoms with Crippen LogP contribution in [0.5, 0.6) is 5.75 Å². The summed E-state index contributed by atoms with van der Waals surface area (Å²) >= 11 is 10.6. The number of hydrogen-bond donors (Lipinski definition) is 1. The molecule has 1 saturated heterocycles. The number of thioether (sulfide) groups is 1. The first-order chi connectivity index (χ1) is 10.7. The SMILES string of the molecule is CC(C)N=C1S/C(=C/c2cc(Cl)c(O)c(Br)c2)C(=O)N1C(C)C.